The van der Waals surface area contributed by atoms with Crippen molar-refractivity contribution >= 4 is 0 Å². The van der Waals surface area contributed by atoms with E-state index in [-0.39, 0.29) is 5.82 Å². The zero-order valence-corrected chi connectivity index (χ0v) is 6.63. The van der Waals surface area contributed by atoms with Crippen molar-refractivity contribution in [1.82, 2.24) is 4.98 Å². The minimum Gasteiger partial charge on any atom is -0.258 e. The standard InChI is InChI=1S/C9H10FN/c1-5-6(2)9-8(5)3-7(10)4-11-9/h3-6H,1-2H3. The Kier molecular flexibility index (Phi) is 1.25. The van der Waals surface area contributed by atoms with Gasteiger partial charge in [-0.1, -0.05) is 13.8 Å². The summed E-state index contributed by atoms with van der Waals surface area (Å²) < 4.78 is 12.6. The molecule has 2 unspecified atom stereocenters. The molecule has 0 spiro atoms. The Hall–Kier alpha value is -0.920. The van der Waals surface area contributed by atoms with Gasteiger partial charge in [-0.3, -0.25) is 4.98 Å². The lowest BCUT2D eigenvalue weighted by Crippen LogP contribution is -2.21. The molecule has 1 aliphatic carbocycles. The van der Waals surface area contributed by atoms with Crippen LogP contribution < -0.4 is 0 Å². The summed E-state index contributed by atoms with van der Waals surface area (Å²) in [6.45, 7) is 4.23. The molecule has 0 saturated carbocycles. The van der Waals surface area contributed by atoms with Crippen LogP contribution in [0.4, 0.5) is 4.39 Å². The van der Waals surface area contributed by atoms with Crippen LogP contribution >= 0.6 is 0 Å². The van der Waals surface area contributed by atoms with Crippen LogP contribution in [0.15, 0.2) is 12.3 Å². The number of halogens is 1. The first-order valence-corrected chi connectivity index (χ1v) is 3.85. The van der Waals surface area contributed by atoms with E-state index in [4.69, 9.17) is 0 Å². The predicted molar refractivity (Wildman–Crippen MR) is 41.0 cm³/mol. The maximum atomic E-state index is 12.6. The highest BCUT2D eigenvalue weighted by Gasteiger charge is 2.32. The van der Waals surface area contributed by atoms with Crippen LogP contribution in [-0.2, 0) is 0 Å². The minimum atomic E-state index is -0.220. The molecule has 0 aliphatic heterocycles. The molecule has 11 heavy (non-hydrogen) atoms. The predicted octanol–water partition coefficient (Wildman–Crippen LogP) is 2.44. The number of rotatable bonds is 0. The molecule has 2 heteroatoms. The first-order chi connectivity index (χ1) is 5.20. The van der Waals surface area contributed by atoms with Crippen LogP contribution in [0.25, 0.3) is 0 Å². The van der Waals surface area contributed by atoms with Crippen molar-refractivity contribution in [3.05, 3.63) is 29.3 Å². The number of nitrogens with zero attached hydrogens (tertiary/aromatic N) is 1. The van der Waals surface area contributed by atoms with Gasteiger partial charge in [-0.15, -0.1) is 0 Å². The van der Waals surface area contributed by atoms with Gasteiger partial charge in [0.1, 0.15) is 5.82 Å². The maximum absolute atomic E-state index is 12.6. The van der Waals surface area contributed by atoms with E-state index in [1.165, 1.54) is 6.20 Å². The molecule has 0 fully saturated rings. The van der Waals surface area contributed by atoms with Gasteiger partial charge in [0.2, 0.25) is 0 Å². The summed E-state index contributed by atoms with van der Waals surface area (Å²) in [5, 5.41) is 0. The number of hydrogen-bond donors (Lipinski definition) is 0. The molecular weight excluding hydrogens is 141 g/mol. The van der Waals surface area contributed by atoms with Crippen molar-refractivity contribution in [3.8, 4) is 0 Å². The number of pyridine rings is 1. The monoisotopic (exact) mass is 151 g/mol. The zero-order valence-electron chi connectivity index (χ0n) is 6.63. The summed E-state index contributed by atoms with van der Waals surface area (Å²) in [6, 6.07) is 1.59. The van der Waals surface area contributed by atoms with Gasteiger partial charge >= 0.3 is 0 Å². The van der Waals surface area contributed by atoms with Crippen molar-refractivity contribution in [1.29, 1.82) is 0 Å². The van der Waals surface area contributed by atoms with Gasteiger partial charge in [0.15, 0.2) is 0 Å². The fourth-order valence-corrected chi connectivity index (χ4v) is 1.62. The molecule has 1 aromatic heterocycles. The Balaban J connectivity index is 2.50. The third-order valence-corrected chi connectivity index (χ3v) is 2.59. The SMILES string of the molecule is CC1c2cc(F)cnc2C1C. The van der Waals surface area contributed by atoms with Gasteiger partial charge in [-0.2, -0.15) is 0 Å². The van der Waals surface area contributed by atoms with Crippen LogP contribution in [0.3, 0.4) is 0 Å². The molecule has 0 N–H and O–H groups in total. The molecule has 2 atom stereocenters. The lowest BCUT2D eigenvalue weighted by molar-refractivity contribution is 0.505. The fraction of sp³-hybridized carbons (Fsp3) is 0.444. The van der Waals surface area contributed by atoms with Gasteiger partial charge in [-0.05, 0) is 17.5 Å². The average molecular weight is 151 g/mol. The van der Waals surface area contributed by atoms with Crippen LogP contribution in [0.2, 0.25) is 0 Å². The van der Waals surface area contributed by atoms with E-state index in [1.807, 2.05) is 0 Å². The Labute approximate surface area is 65.3 Å². The number of aromatic nitrogens is 1. The summed E-state index contributed by atoms with van der Waals surface area (Å²) in [4.78, 5) is 4.02. The van der Waals surface area contributed by atoms with E-state index < -0.39 is 0 Å². The minimum absolute atomic E-state index is 0.220. The van der Waals surface area contributed by atoms with Crippen molar-refractivity contribution < 1.29 is 4.39 Å². The van der Waals surface area contributed by atoms with E-state index in [2.05, 4.69) is 18.8 Å². The first-order valence-electron chi connectivity index (χ1n) is 3.85. The molecule has 0 amide bonds. The van der Waals surface area contributed by atoms with Crippen molar-refractivity contribution in [2.75, 3.05) is 0 Å². The highest BCUT2D eigenvalue weighted by atomic mass is 19.1. The van der Waals surface area contributed by atoms with Crippen LogP contribution in [0.5, 0.6) is 0 Å². The molecule has 0 saturated heterocycles. The van der Waals surface area contributed by atoms with Gasteiger partial charge in [0.25, 0.3) is 0 Å². The fourth-order valence-electron chi connectivity index (χ4n) is 1.62. The Bertz CT molecular complexity index is 296. The van der Waals surface area contributed by atoms with Gasteiger partial charge in [0.05, 0.1) is 6.20 Å². The second kappa shape index (κ2) is 2.03. The average Bonchev–Trinajstić information content (AvgIpc) is 2.03. The highest BCUT2D eigenvalue weighted by Crippen LogP contribution is 2.44. The molecule has 0 aromatic carbocycles. The largest absolute Gasteiger partial charge is 0.258 e. The highest BCUT2D eigenvalue weighted by molar-refractivity contribution is 5.38. The van der Waals surface area contributed by atoms with Crippen LogP contribution in [0.1, 0.15) is 36.9 Å². The maximum Gasteiger partial charge on any atom is 0.141 e. The summed E-state index contributed by atoms with van der Waals surface area (Å²) in [7, 11) is 0. The Morgan fingerprint density at radius 2 is 2.09 bits per heavy atom. The van der Waals surface area contributed by atoms with E-state index >= 15 is 0 Å². The molecule has 0 bridgehead atoms. The third kappa shape index (κ3) is 0.785. The normalized spacial score (nSPS) is 27.5. The van der Waals surface area contributed by atoms with Gasteiger partial charge in [-0.25, -0.2) is 4.39 Å². The topological polar surface area (TPSA) is 12.9 Å². The second-order valence-electron chi connectivity index (χ2n) is 3.21. The summed E-state index contributed by atoms with van der Waals surface area (Å²) in [5.41, 5.74) is 2.15. The second-order valence-corrected chi connectivity index (χ2v) is 3.21. The summed E-state index contributed by atoms with van der Waals surface area (Å²) in [5.74, 6) is 0.765. The van der Waals surface area contributed by atoms with Crippen molar-refractivity contribution in [2.24, 2.45) is 0 Å². The van der Waals surface area contributed by atoms with Crippen molar-refractivity contribution in [3.63, 3.8) is 0 Å². The lowest BCUT2D eigenvalue weighted by atomic mass is 9.73. The summed E-state index contributed by atoms with van der Waals surface area (Å²) in [6.07, 6.45) is 1.29. The Morgan fingerprint density at radius 3 is 2.82 bits per heavy atom. The van der Waals surface area contributed by atoms with Crippen molar-refractivity contribution in [2.45, 2.75) is 25.7 Å². The molecule has 1 aromatic rings. The van der Waals surface area contributed by atoms with E-state index in [0.717, 1.165) is 11.3 Å². The lowest BCUT2D eigenvalue weighted by Gasteiger charge is -2.33. The molecule has 0 radical (unpaired) electrons. The molecule has 1 nitrogen and oxygen atoms in total. The smallest absolute Gasteiger partial charge is 0.141 e. The van der Waals surface area contributed by atoms with Crippen LogP contribution in [0, 0.1) is 5.82 Å². The van der Waals surface area contributed by atoms with E-state index in [0.29, 0.717) is 11.8 Å². The Morgan fingerprint density at radius 1 is 1.36 bits per heavy atom. The quantitative estimate of drug-likeness (QED) is 0.555. The number of hydrogen-bond acceptors (Lipinski definition) is 1. The summed E-state index contributed by atoms with van der Waals surface area (Å²) >= 11 is 0. The number of fused-ring (bicyclic) bond motifs is 1. The molecule has 58 valence electrons. The third-order valence-electron chi connectivity index (χ3n) is 2.59. The van der Waals surface area contributed by atoms with Crippen LogP contribution in [-0.4, -0.2) is 4.98 Å². The molecule has 1 heterocycles. The molecule has 2 rings (SSSR count). The zero-order chi connectivity index (χ0) is 8.01. The molecular formula is C9H10FN. The first kappa shape index (κ1) is 6.77. The van der Waals surface area contributed by atoms with Gasteiger partial charge in [0, 0.05) is 11.6 Å². The molecule has 1 aliphatic rings. The van der Waals surface area contributed by atoms with Gasteiger partial charge < -0.3 is 0 Å². The van der Waals surface area contributed by atoms with E-state index in [1.54, 1.807) is 6.07 Å². The van der Waals surface area contributed by atoms with E-state index in [9.17, 15) is 4.39 Å².